The van der Waals surface area contributed by atoms with E-state index in [1.807, 2.05) is 48.5 Å². The lowest BCUT2D eigenvalue weighted by molar-refractivity contribution is -0.146. The summed E-state index contributed by atoms with van der Waals surface area (Å²) in [6, 6.07) is 18.3. The molecule has 0 aliphatic heterocycles. The average Bonchev–Trinajstić information content (AvgIpc) is 3.11. The van der Waals surface area contributed by atoms with Gasteiger partial charge in [-0.1, -0.05) is 60.7 Å². The van der Waals surface area contributed by atoms with E-state index < -0.39 is 42.1 Å². The van der Waals surface area contributed by atoms with Crippen molar-refractivity contribution in [2.45, 2.75) is 30.5 Å². The predicted molar refractivity (Wildman–Crippen MR) is 119 cm³/mol. The highest BCUT2D eigenvalue weighted by atomic mass is 19.4. The van der Waals surface area contributed by atoms with Crippen molar-refractivity contribution in [2.24, 2.45) is 5.73 Å². The molecule has 0 fully saturated rings. The zero-order chi connectivity index (χ0) is 24.5. The first kappa shape index (κ1) is 23.5. The van der Waals surface area contributed by atoms with Crippen LogP contribution < -0.4 is 5.73 Å². The molecule has 0 heterocycles. The fourth-order valence-electron chi connectivity index (χ4n) is 4.45. The topological polar surface area (TPSA) is 89.6 Å². The van der Waals surface area contributed by atoms with E-state index in [1.54, 1.807) is 0 Å². The lowest BCUT2D eigenvalue weighted by Gasteiger charge is -2.23. The Labute approximate surface area is 194 Å². The maximum Gasteiger partial charge on any atom is 0.416 e. The standard InChI is InChI=1S/C26H22F3NO4/c27-26(28,29)16-11-9-15(10-12-16)24(22(30)13-23(31)32)25(33)34-14-21-19-7-3-1-5-17(19)18-6-2-4-8-20(18)21/h1-12,21-22,24H,13-14,30H2,(H,31,32)/t22-,24+/m1/s1. The van der Waals surface area contributed by atoms with Crippen LogP contribution in [0, 0.1) is 0 Å². The number of hydrogen-bond donors (Lipinski definition) is 2. The van der Waals surface area contributed by atoms with Crippen LogP contribution in [0.4, 0.5) is 13.2 Å². The second-order valence-corrected chi connectivity index (χ2v) is 8.22. The first-order valence-electron chi connectivity index (χ1n) is 10.7. The van der Waals surface area contributed by atoms with Crippen molar-refractivity contribution in [3.8, 4) is 11.1 Å². The second kappa shape index (κ2) is 9.30. The number of rotatable bonds is 7. The number of hydrogen-bond acceptors (Lipinski definition) is 4. The number of esters is 1. The fraction of sp³-hybridized carbons (Fsp3) is 0.231. The summed E-state index contributed by atoms with van der Waals surface area (Å²) in [5.74, 6) is -3.46. The van der Waals surface area contributed by atoms with E-state index in [4.69, 9.17) is 15.6 Å². The van der Waals surface area contributed by atoms with Gasteiger partial charge in [-0.15, -0.1) is 0 Å². The maximum atomic E-state index is 13.1. The highest BCUT2D eigenvalue weighted by molar-refractivity contribution is 5.82. The van der Waals surface area contributed by atoms with Gasteiger partial charge in [0, 0.05) is 12.0 Å². The summed E-state index contributed by atoms with van der Waals surface area (Å²) in [6.45, 7) is -0.0101. The number of fused-ring (bicyclic) bond motifs is 3. The van der Waals surface area contributed by atoms with E-state index in [1.165, 1.54) is 0 Å². The van der Waals surface area contributed by atoms with Crippen molar-refractivity contribution in [1.82, 2.24) is 0 Å². The van der Waals surface area contributed by atoms with Gasteiger partial charge in [-0.2, -0.15) is 13.2 Å². The van der Waals surface area contributed by atoms with Crippen LogP contribution in [0.3, 0.4) is 0 Å². The molecule has 34 heavy (non-hydrogen) atoms. The van der Waals surface area contributed by atoms with Crippen molar-refractivity contribution in [3.05, 3.63) is 95.1 Å². The number of nitrogens with two attached hydrogens (primary N) is 1. The molecular weight excluding hydrogens is 447 g/mol. The van der Waals surface area contributed by atoms with Crippen LogP contribution in [0.25, 0.3) is 11.1 Å². The molecule has 0 aromatic heterocycles. The van der Waals surface area contributed by atoms with E-state index in [-0.39, 0.29) is 18.1 Å². The summed E-state index contributed by atoms with van der Waals surface area (Å²) < 4.78 is 44.5. The van der Waals surface area contributed by atoms with Crippen LogP contribution in [0.1, 0.15) is 40.5 Å². The average molecular weight is 469 g/mol. The lowest BCUT2D eigenvalue weighted by Crippen LogP contribution is -2.37. The van der Waals surface area contributed by atoms with E-state index >= 15 is 0 Å². The molecule has 0 saturated carbocycles. The summed E-state index contributed by atoms with van der Waals surface area (Å²) in [4.78, 5) is 24.3. The summed E-state index contributed by atoms with van der Waals surface area (Å²) in [5, 5.41) is 9.15. The van der Waals surface area contributed by atoms with Gasteiger partial charge in [-0.05, 0) is 39.9 Å². The fourth-order valence-corrected chi connectivity index (χ4v) is 4.45. The molecule has 1 aliphatic carbocycles. The second-order valence-electron chi connectivity index (χ2n) is 8.22. The Kier molecular flexibility index (Phi) is 6.43. The molecule has 1 aliphatic rings. The van der Waals surface area contributed by atoms with Crippen molar-refractivity contribution < 1.29 is 32.6 Å². The Hall–Kier alpha value is -3.65. The number of benzene rings is 3. The van der Waals surface area contributed by atoms with Crippen molar-refractivity contribution in [1.29, 1.82) is 0 Å². The SMILES string of the molecule is N[C@H](CC(=O)O)[C@@H](C(=O)OCC1c2ccccc2-c2ccccc21)c1ccc(C(F)(F)F)cc1. The number of alkyl halides is 3. The number of carboxylic acid groups (broad SMARTS) is 1. The minimum absolute atomic E-state index is 0.0101. The predicted octanol–water partition coefficient (Wildman–Crippen LogP) is 4.95. The third-order valence-electron chi connectivity index (χ3n) is 6.04. The molecule has 3 aromatic rings. The Morgan fingerprint density at radius 2 is 1.44 bits per heavy atom. The third-order valence-corrected chi connectivity index (χ3v) is 6.04. The maximum absolute atomic E-state index is 13.1. The molecule has 8 heteroatoms. The minimum Gasteiger partial charge on any atom is -0.481 e. The van der Waals surface area contributed by atoms with Crippen LogP contribution in [0.5, 0.6) is 0 Å². The number of carbonyl (C=O) groups is 2. The first-order chi connectivity index (χ1) is 16.2. The summed E-state index contributed by atoms with van der Waals surface area (Å²) in [5.41, 5.74) is 9.37. The van der Waals surface area contributed by atoms with Gasteiger partial charge in [0.05, 0.1) is 17.9 Å². The van der Waals surface area contributed by atoms with Gasteiger partial charge >= 0.3 is 18.1 Å². The molecule has 0 unspecified atom stereocenters. The number of ether oxygens (including phenoxy) is 1. The van der Waals surface area contributed by atoms with Gasteiger partial charge in [0.1, 0.15) is 6.61 Å². The van der Waals surface area contributed by atoms with E-state index in [2.05, 4.69) is 0 Å². The third kappa shape index (κ3) is 4.68. The zero-order valence-electron chi connectivity index (χ0n) is 18.0. The minimum atomic E-state index is -4.54. The highest BCUT2D eigenvalue weighted by Crippen LogP contribution is 2.44. The molecule has 5 nitrogen and oxygen atoms in total. The summed E-state index contributed by atoms with van der Waals surface area (Å²) >= 11 is 0. The molecule has 0 bridgehead atoms. The molecule has 0 spiro atoms. The van der Waals surface area contributed by atoms with Gasteiger partial charge in [0.2, 0.25) is 0 Å². The van der Waals surface area contributed by atoms with Crippen LogP contribution in [-0.2, 0) is 20.5 Å². The Balaban J connectivity index is 1.59. The summed E-state index contributed by atoms with van der Waals surface area (Å²) in [7, 11) is 0. The highest BCUT2D eigenvalue weighted by Gasteiger charge is 2.35. The molecule has 0 radical (unpaired) electrons. The van der Waals surface area contributed by atoms with E-state index in [0.717, 1.165) is 46.5 Å². The quantitative estimate of drug-likeness (QED) is 0.478. The number of carbonyl (C=O) groups excluding carboxylic acids is 1. The molecule has 0 amide bonds. The lowest BCUT2D eigenvalue weighted by atomic mass is 9.89. The number of carboxylic acids is 1. The van der Waals surface area contributed by atoms with Crippen LogP contribution in [0.15, 0.2) is 72.8 Å². The summed E-state index contributed by atoms with van der Waals surface area (Å²) in [6.07, 6.45) is -5.09. The monoisotopic (exact) mass is 469 g/mol. The van der Waals surface area contributed by atoms with Gasteiger partial charge < -0.3 is 15.6 Å². The van der Waals surface area contributed by atoms with Crippen LogP contribution >= 0.6 is 0 Å². The number of aliphatic carboxylic acids is 1. The van der Waals surface area contributed by atoms with Crippen LogP contribution in [0.2, 0.25) is 0 Å². The largest absolute Gasteiger partial charge is 0.481 e. The zero-order valence-corrected chi connectivity index (χ0v) is 18.0. The molecule has 0 saturated heterocycles. The molecule has 176 valence electrons. The smallest absolute Gasteiger partial charge is 0.416 e. The van der Waals surface area contributed by atoms with Crippen molar-refractivity contribution in [2.75, 3.05) is 6.61 Å². The van der Waals surface area contributed by atoms with Gasteiger partial charge in [0.25, 0.3) is 0 Å². The van der Waals surface area contributed by atoms with Gasteiger partial charge in [-0.3, -0.25) is 9.59 Å². The van der Waals surface area contributed by atoms with Gasteiger partial charge in [-0.25, -0.2) is 0 Å². The number of halogens is 3. The van der Waals surface area contributed by atoms with Crippen molar-refractivity contribution >= 4 is 11.9 Å². The Morgan fingerprint density at radius 1 is 0.912 bits per heavy atom. The molecule has 2 atom stereocenters. The molecule has 4 rings (SSSR count). The van der Waals surface area contributed by atoms with Crippen molar-refractivity contribution in [3.63, 3.8) is 0 Å². The van der Waals surface area contributed by atoms with Crippen LogP contribution in [-0.4, -0.2) is 29.7 Å². The van der Waals surface area contributed by atoms with Gasteiger partial charge in [0.15, 0.2) is 0 Å². The molecule has 3 aromatic carbocycles. The Bertz CT molecular complexity index is 1160. The normalized spacial score (nSPS) is 14.7. The van der Waals surface area contributed by atoms with E-state index in [0.29, 0.717) is 0 Å². The molecular formula is C26H22F3NO4. The van der Waals surface area contributed by atoms with E-state index in [9.17, 15) is 22.8 Å². The molecule has 3 N–H and O–H groups in total. The Morgan fingerprint density at radius 3 is 1.94 bits per heavy atom. The first-order valence-corrected chi connectivity index (χ1v) is 10.7.